The van der Waals surface area contributed by atoms with Crippen molar-refractivity contribution in [3.8, 4) is 5.75 Å². The van der Waals surface area contributed by atoms with Gasteiger partial charge in [-0.2, -0.15) is 0 Å². The Bertz CT molecular complexity index is 424. The van der Waals surface area contributed by atoms with Crippen LogP contribution in [0, 0.1) is 5.92 Å². The average Bonchev–Trinajstić information content (AvgIpc) is 2.80. The van der Waals surface area contributed by atoms with E-state index in [9.17, 15) is 4.79 Å². The molecule has 1 aromatic rings. The molecular formula is C17H24O3. The van der Waals surface area contributed by atoms with E-state index in [0.717, 1.165) is 25.0 Å². The molecule has 0 aromatic heterocycles. The van der Waals surface area contributed by atoms with Crippen LogP contribution in [-0.4, -0.2) is 19.2 Å². The summed E-state index contributed by atoms with van der Waals surface area (Å²) in [5.74, 6) is 1.16. The molecule has 1 heterocycles. The van der Waals surface area contributed by atoms with Crippen LogP contribution >= 0.6 is 0 Å². The van der Waals surface area contributed by atoms with Crippen molar-refractivity contribution in [1.82, 2.24) is 0 Å². The van der Waals surface area contributed by atoms with E-state index < -0.39 is 0 Å². The summed E-state index contributed by atoms with van der Waals surface area (Å²) in [6.45, 7) is 2.19. The van der Waals surface area contributed by atoms with Gasteiger partial charge in [-0.15, -0.1) is 0 Å². The van der Waals surface area contributed by atoms with Crippen molar-refractivity contribution in [1.29, 1.82) is 0 Å². The van der Waals surface area contributed by atoms with Crippen molar-refractivity contribution in [2.24, 2.45) is 5.92 Å². The highest BCUT2D eigenvalue weighted by atomic mass is 16.5. The SMILES string of the molecule is CCCCC[C@H]1OC(=O)C[C@@H]1Cc1ccc(OC)cc1. The number of rotatable bonds is 7. The van der Waals surface area contributed by atoms with Gasteiger partial charge in [-0.1, -0.05) is 31.9 Å². The molecule has 1 aromatic carbocycles. The minimum Gasteiger partial charge on any atom is -0.497 e. The molecular weight excluding hydrogens is 252 g/mol. The van der Waals surface area contributed by atoms with E-state index >= 15 is 0 Å². The summed E-state index contributed by atoms with van der Waals surface area (Å²) in [7, 11) is 1.67. The average molecular weight is 276 g/mol. The number of esters is 1. The van der Waals surface area contributed by atoms with Gasteiger partial charge in [0.1, 0.15) is 11.9 Å². The normalized spacial score (nSPS) is 21.8. The van der Waals surface area contributed by atoms with Gasteiger partial charge in [-0.3, -0.25) is 4.79 Å². The minimum absolute atomic E-state index is 0.0370. The fourth-order valence-electron chi connectivity index (χ4n) is 2.82. The minimum atomic E-state index is -0.0370. The molecule has 2 rings (SSSR count). The van der Waals surface area contributed by atoms with Gasteiger partial charge in [0.15, 0.2) is 0 Å². The molecule has 0 N–H and O–H groups in total. The molecule has 0 saturated carbocycles. The van der Waals surface area contributed by atoms with Crippen molar-refractivity contribution in [3.63, 3.8) is 0 Å². The van der Waals surface area contributed by atoms with Crippen molar-refractivity contribution in [3.05, 3.63) is 29.8 Å². The van der Waals surface area contributed by atoms with Crippen LogP contribution in [0.25, 0.3) is 0 Å². The highest BCUT2D eigenvalue weighted by Gasteiger charge is 2.34. The van der Waals surface area contributed by atoms with Crippen molar-refractivity contribution in [2.45, 2.75) is 51.6 Å². The number of ether oxygens (including phenoxy) is 2. The zero-order valence-electron chi connectivity index (χ0n) is 12.4. The first-order valence-corrected chi connectivity index (χ1v) is 7.55. The topological polar surface area (TPSA) is 35.5 Å². The van der Waals surface area contributed by atoms with Crippen LogP contribution in [0.15, 0.2) is 24.3 Å². The molecule has 1 aliphatic rings. The van der Waals surface area contributed by atoms with Crippen molar-refractivity contribution in [2.75, 3.05) is 7.11 Å². The van der Waals surface area contributed by atoms with Crippen LogP contribution in [0.5, 0.6) is 5.75 Å². The zero-order valence-corrected chi connectivity index (χ0v) is 12.4. The monoisotopic (exact) mass is 276 g/mol. The van der Waals surface area contributed by atoms with E-state index in [1.807, 2.05) is 12.1 Å². The van der Waals surface area contributed by atoms with E-state index in [1.165, 1.54) is 18.4 Å². The van der Waals surface area contributed by atoms with Crippen LogP contribution < -0.4 is 4.74 Å². The fourth-order valence-corrected chi connectivity index (χ4v) is 2.82. The standard InChI is InChI=1S/C17H24O3/c1-3-4-5-6-16-14(12-17(18)20-16)11-13-7-9-15(19-2)10-8-13/h7-10,14,16H,3-6,11-12H2,1-2H3/t14-,16+/m0/s1. The second kappa shape index (κ2) is 7.32. The van der Waals surface area contributed by atoms with Crippen molar-refractivity contribution < 1.29 is 14.3 Å². The lowest BCUT2D eigenvalue weighted by Gasteiger charge is -2.17. The number of benzene rings is 1. The number of carbonyl (C=O) groups excluding carboxylic acids is 1. The van der Waals surface area contributed by atoms with E-state index in [0.29, 0.717) is 12.3 Å². The smallest absolute Gasteiger partial charge is 0.306 e. The molecule has 110 valence electrons. The molecule has 3 heteroatoms. The van der Waals surface area contributed by atoms with Crippen LogP contribution in [0.3, 0.4) is 0 Å². The number of cyclic esters (lactones) is 1. The second-order valence-corrected chi connectivity index (χ2v) is 5.54. The predicted octanol–water partition coefficient (Wildman–Crippen LogP) is 3.75. The molecule has 0 spiro atoms. The largest absolute Gasteiger partial charge is 0.497 e. The van der Waals surface area contributed by atoms with Gasteiger partial charge in [0.05, 0.1) is 13.5 Å². The number of hydrogen-bond acceptors (Lipinski definition) is 3. The molecule has 0 amide bonds. The summed E-state index contributed by atoms with van der Waals surface area (Å²) in [5, 5.41) is 0. The third-order valence-electron chi connectivity index (χ3n) is 3.99. The Balaban J connectivity index is 1.92. The molecule has 0 radical (unpaired) electrons. The van der Waals surface area contributed by atoms with E-state index in [2.05, 4.69) is 19.1 Å². The molecule has 3 nitrogen and oxygen atoms in total. The number of hydrogen-bond donors (Lipinski definition) is 0. The Kier molecular flexibility index (Phi) is 5.45. The highest BCUT2D eigenvalue weighted by Crippen LogP contribution is 2.29. The third kappa shape index (κ3) is 3.99. The molecule has 0 bridgehead atoms. The van der Waals surface area contributed by atoms with E-state index in [-0.39, 0.29) is 12.1 Å². The lowest BCUT2D eigenvalue weighted by Crippen LogP contribution is -2.18. The second-order valence-electron chi connectivity index (χ2n) is 5.54. The summed E-state index contributed by atoms with van der Waals surface area (Å²) in [6, 6.07) is 8.09. The Morgan fingerprint density at radius 1 is 1.25 bits per heavy atom. The van der Waals surface area contributed by atoms with Gasteiger partial charge in [0, 0.05) is 5.92 Å². The number of carbonyl (C=O) groups is 1. The van der Waals surface area contributed by atoms with Gasteiger partial charge in [-0.05, 0) is 37.0 Å². The molecule has 0 unspecified atom stereocenters. The first-order chi connectivity index (χ1) is 9.72. The van der Waals surface area contributed by atoms with Gasteiger partial charge in [0.25, 0.3) is 0 Å². The molecule has 1 aliphatic heterocycles. The van der Waals surface area contributed by atoms with Gasteiger partial charge >= 0.3 is 5.97 Å². The van der Waals surface area contributed by atoms with Gasteiger partial charge < -0.3 is 9.47 Å². The number of methoxy groups -OCH3 is 1. The molecule has 1 fully saturated rings. The quantitative estimate of drug-likeness (QED) is 0.562. The van der Waals surface area contributed by atoms with Crippen LogP contribution in [-0.2, 0) is 16.0 Å². The first-order valence-electron chi connectivity index (χ1n) is 7.55. The summed E-state index contributed by atoms with van der Waals surface area (Å²) >= 11 is 0. The molecule has 2 atom stereocenters. The molecule has 20 heavy (non-hydrogen) atoms. The summed E-state index contributed by atoms with van der Waals surface area (Å²) in [6.07, 6.45) is 6.13. The highest BCUT2D eigenvalue weighted by molar-refractivity contribution is 5.72. The van der Waals surface area contributed by atoms with E-state index in [1.54, 1.807) is 7.11 Å². The molecule has 1 saturated heterocycles. The lowest BCUT2D eigenvalue weighted by atomic mass is 9.90. The Morgan fingerprint density at radius 3 is 2.65 bits per heavy atom. The summed E-state index contributed by atoms with van der Waals surface area (Å²) < 4.78 is 10.6. The van der Waals surface area contributed by atoms with Crippen LogP contribution in [0.1, 0.15) is 44.6 Å². The maximum absolute atomic E-state index is 11.5. The van der Waals surface area contributed by atoms with Gasteiger partial charge in [-0.25, -0.2) is 0 Å². The van der Waals surface area contributed by atoms with Gasteiger partial charge in [0.2, 0.25) is 0 Å². The first kappa shape index (κ1) is 14.9. The lowest BCUT2D eigenvalue weighted by molar-refractivity contribution is -0.141. The predicted molar refractivity (Wildman–Crippen MR) is 78.8 cm³/mol. The maximum atomic E-state index is 11.5. The number of unbranched alkanes of at least 4 members (excludes halogenated alkanes) is 2. The zero-order chi connectivity index (χ0) is 14.4. The van der Waals surface area contributed by atoms with E-state index in [4.69, 9.17) is 9.47 Å². The third-order valence-corrected chi connectivity index (χ3v) is 3.99. The Labute approximate surface area is 121 Å². The summed E-state index contributed by atoms with van der Waals surface area (Å²) in [4.78, 5) is 11.5. The Morgan fingerprint density at radius 2 is 2.00 bits per heavy atom. The molecule has 0 aliphatic carbocycles. The van der Waals surface area contributed by atoms with Crippen molar-refractivity contribution >= 4 is 5.97 Å². The summed E-state index contributed by atoms with van der Waals surface area (Å²) in [5.41, 5.74) is 1.24. The maximum Gasteiger partial charge on any atom is 0.306 e. The van der Waals surface area contributed by atoms with Crippen LogP contribution in [0.4, 0.5) is 0 Å². The fraction of sp³-hybridized carbons (Fsp3) is 0.588. The Hall–Kier alpha value is -1.51. The van der Waals surface area contributed by atoms with Crippen LogP contribution in [0.2, 0.25) is 0 Å².